The van der Waals surface area contributed by atoms with Crippen LogP contribution >= 0.6 is 0 Å². The molecule has 0 spiro atoms. The quantitative estimate of drug-likeness (QED) is 0.248. The number of amides is 1. The van der Waals surface area contributed by atoms with E-state index in [4.69, 9.17) is 4.74 Å². The first kappa shape index (κ1) is 25.2. The van der Waals surface area contributed by atoms with E-state index in [1.54, 1.807) is 6.07 Å². The fourth-order valence-corrected chi connectivity index (χ4v) is 4.31. The zero-order valence-corrected chi connectivity index (χ0v) is 19.8. The molecular weight excluding hydrogens is 477 g/mol. The summed E-state index contributed by atoms with van der Waals surface area (Å²) in [7, 11) is 0. The van der Waals surface area contributed by atoms with Crippen molar-refractivity contribution in [2.24, 2.45) is 0 Å². The summed E-state index contributed by atoms with van der Waals surface area (Å²) in [6.45, 7) is 3.26. The van der Waals surface area contributed by atoms with Crippen molar-refractivity contribution < 1.29 is 27.6 Å². The first-order chi connectivity index (χ1) is 17.0. The standard InChI is InChI=1S/C25H25F3N4O4/c1-15-8-9-16(2)22(10-15)36-19-12-17(11-18(13-19)32(34)35)29-23(33)14-31-21-7-5-3-4-6-20(21)24(30-31)25(26,27)28/h8-13H,3-7,14H2,1-2H3,(H,29,33). The Hall–Kier alpha value is -3.89. The maximum Gasteiger partial charge on any atom is 0.435 e. The minimum atomic E-state index is -4.61. The Kier molecular flexibility index (Phi) is 7.00. The second-order valence-electron chi connectivity index (χ2n) is 8.88. The number of rotatable bonds is 6. The minimum absolute atomic E-state index is 0.0868. The Morgan fingerprint density at radius 1 is 1.14 bits per heavy atom. The van der Waals surface area contributed by atoms with E-state index in [2.05, 4.69) is 10.4 Å². The number of aryl methyl sites for hydroxylation is 2. The van der Waals surface area contributed by atoms with Gasteiger partial charge in [-0.15, -0.1) is 0 Å². The second kappa shape index (κ2) is 10.00. The first-order valence-electron chi connectivity index (χ1n) is 11.5. The first-order valence-corrected chi connectivity index (χ1v) is 11.5. The number of nitro groups is 1. The van der Waals surface area contributed by atoms with Crippen LogP contribution in [0.1, 0.15) is 47.3 Å². The predicted octanol–water partition coefficient (Wildman–Crippen LogP) is 6.13. The normalized spacial score (nSPS) is 13.6. The van der Waals surface area contributed by atoms with Crippen molar-refractivity contribution in [2.45, 2.75) is 58.7 Å². The maximum absolute atomic E-state index is 13.5. The van der Waals surface area contributed by atoms with Gasteiger partial charge >= 0.3 is 6.18 Å². The zero-order valence-electron chi connectivity index (χ0n) is 19.8. The molecule has 0 saturated heterocycles. The summed E-state index contributed by atoms with van der Waals surface area (Å²) in [4.78, 5) is 23.6. The van der Waals surface area contributed by atoms with Gasteiger partial charge in [-0.3, -0.25) is 19.6 Å². The van der Waals surface area contributed by atoms with Crippen molar-refractivity contribution in [1.82, 2.24) is 9.78 Å². The van der Waals surface area contributed by atoms with E-state index in [0.717, 1.165) is 22.2 Å². The van der Waals surface area contributed by atoms with Crippen LogP contribution in [0.4, 0.5) is 24.5 Å². The lowest BCUT2D eigenvalue weighted by Crippen LogP contribution is -2.21. The molecule has 36 heavy (non-hydrogen) atoms. The van der Waals surface area contributed by atoms with Crippen molar-refractivity contribution in [3.8, 4) is 11.5 Å². The Bertz CT molecular complexity index is 1320. The SMILES string of the molecule is Cc1ccc(C)c(Oc2cc(NC(=O)Cn3nc(C(F)(F)F)c4c3CCCCC4)cc([N+](=O)[O-])c2)c1. The van der Waals surface area contributed by atoms with Crippen LogP contribution in [0.5, 0.6) is 11.5 Å². The molecule has 11 heteroatoms. The summed E-state index contributed by atoms with van der Waals surface area (Å²) in [6, 6.07) is 9.37. The number of hydrogen-bond acceptors (Lipinski definition) is 5. The van der Waals surface area contributed by atoms with Gasteiger partial charge in [0.25, 0.3) is 5.69 Å². The molecule has 1 aliphatic rings. The van der Waals surface area contributed by atoms with Gasteiger partial charge in [0.2, 0.25) is 5.91 Å². The molecular formula is C25H25F3N4O4. The number of fused-ring (bicyclic) bond motifs is 1. The van der Waals surface area contributed by atoms with Gasteiger partial charge in [0.15, 0.2) is 5.69 Å². The number of halogens is 3. The van der Waals surface area contributed by atoms with Gasteiger partial charge in [-0.05, 0) is 56.7 Å². The van der Waals surface area contributed by atoms with E-state index in [0.29, 0.717) is 30.7 Å². The van der Waals surface area contributed by atoms with Gasteiger partial charge in [0.1, 0.15) is 18.0 Å². The molecule has 0 aliphatic heterocycles. The molecule has 0 radical (unpaired) electrons. The van der Waals surface area contributed by atoms with Crippen LogP contribution in [0, 0.1) is 24.0 Å². The Morgan fingerprint density at radius 3 is 2.61 bits per heavy atom. The smallest absolute Gasteiger partial charge is 0.435 e. The number of nitrogens with one attached hydrogen (secondary N) is 1. The topological polar surface area (TPSA) is 99.3 Å². The van der Waals surface area contributed by atoms with Crippen molar-refractivity contribution in [3.63, 3.8) is 0 Å². The number of aromatic nitrogens is 2. The molecule has 190 valence electrons. The number of benzene rings is 2. The fraction of sp³-hybridized carbons (Fsp3) is 0.360. The van der Waals surface area contributed by atoms with Gasteiger partial charge in [-0.1, -0.05) is 18.6 Å². The maximum atomic E-state index is 13.5. The van der Waals surface area contributed by atoms with Crippen LogP contribution in [-0.4, -0.2) is 20.6 Å². The third-order valence-electron chi connectivity index (χ3n) is 6.03. The van der Waals surface area contributed by atoms with Crippen LogP contribution < -0.4 is 10.1 Å². The van der Waals surface area contributed by atoms with E-state index in [1.165, 1.54) is 18.2 Å². The van der Waals surface area contributed by atoms with Crippen LogP contribution in [-0.2, 0) is 30.4 Å². The van der Waals surface area contributed by atoms with Crippen molar-refractivity contribution in [3.05, 3.63) is 74.6 Å². The van der Waals surface area contributed by atoms with Gasteiger partial charge in [-0.25, -0.2) is 0 Å². The largest absolute Gasteiger partial charge is 0.457 e. The predicted molar refractivity (Wildman–Crippen MR) is 126 cm³/mol. The molecule has 0 saturated carbocycles. The summed E-state index contributed by atoms with van der Waals surface area (Å²) in [5.74, 6) is -0.0105. The molecule has 0 atom stereocenters. The molecule has 4 rings (SSSR count). The molecule has 1 N–H and O–H groups in total. The zero-order chi connectivity index (χ0) is 26.0. The van der Waals surface area contributed by atoms with E-state index in [-0.39, 0.29) is 29.1 Å². The molecule has 3 aromatic rings. The average molecular weight is 502 g/mol. The number of carbonyl (C=O) groups excluding carboxylic acids is 1. The second-order valence-corrected chi connectivity index (χ2v) is 8.88. The number of nitrogens with zero attached hydrogens (tertiary/aromatic N) is 3. The van der Waals surface area contributed by atoms with Crippen molar-refractivity contribution in [2.75, 3.05) is 5.32 Å². The molecule has 1 heterocycles. The summed E-state index contributed by atoms with van der Waals surface area (Å²) in [5, 5.41) is 17.7. The summed E-state index contributed by atoms with van der Waals surface area (Å²) >= 11 is 0. The number of anilines is 1. The number of ether oxygens (including phenoxy) is 1. The molecule has 1 amide bonds. The lowest BCUT2D eigenvalue weighted by atomic mass is 10.1. The van der Waals surface area contributed by atoms with Gasteiger partial charge in [0.05, 0.1) is 16.7 Å². The number of nitro benzene ring substituents is 1. The minimum Gasteiger partial charge on any atom is -0.457 e. The Labute approximate surface area is 205 Å². The number of carbonyl (C=O) groups is 1. The van der Waals surface area contributed by atoms with E-state index in [9.17, 15) is 28.1 Å². The van der Waals surface area contributed by atoms with Crippen LogP contribution in [0.3, 0.4) is 0 Å². The summed E-state index contributed by atoms with van der Waals surface area (Å²) < 4.78 is 47.6. The molecule has 2 aromatic carbocycles. The fourth-order valence-electron chi connectivity index (χ4n) is 4.31. The number of hydrogen-bond donors (Lipinski definition) is 1. The van der Waals surface area contributed by atoms with Gasteiger partial charge < -0.3 is 10.1 Å². The number of alkyl halides is 3. The van der Waals surface area contributed by atoms with E-state index >= 15 is 0 Å². The highest BCUT2D eigenvalue weighted by atomic mass is 19.4. The third-order valence-corrected chi connectivity index (χ3v) is 6.03. The monoisotopic (exact) mass is 502 g/mol. The van der Waals surface area contributed by atoms with Crippen LogP contribution in [0.15, 0.2) is 36.4 Å². The highest BCUT2D eigenvalue weighted by Gasteiger charge is 2.39. The third kappa shape index (κ3) is 5.67. The molecule has 0 unspecified atom stereocenters. The molecule has 1 aliphatic carbocycles. The highest BCUT2D eigenvalue weighted by molar-refractivity contribution is 5.91. The average Bonchev–Trinajstić information content (AvgIpc) is 2.97. The van der Waals surface area contributed by atoms with Gasteiger partial charge in [0, 0.05) is 23.4 Å². The Balaban J connectivity index is 1.59. The van der Waals surface area contributed by atoms with Gasteiger partial charge in [-0.2, -0.15) is 18.3 Å². The van der Waals surface area contributed by atoms with Crippen molar-refractivity contribution in [1.29, 1.82) is 0 Å². The van der Waals surface area contributed by atoms with E-state index < -0.39 is 29.2 Å². The molecule has 0 fully saturated rings. The highest BCUT2D eigenvalue weighted by Crippen LogP contribution is 2.36. The van der Waals surface area contributed by atoms with Crippen LogP contribution in [0.25, 0.3) is 0 Å². The number of non-ortho nitro benzene ring substituents is 1. The molecule has 8 nitrogen and oxygen atoms in total. The van der Waals surface area contributed by atoms with Crippen LogP contribution in [0.2, 0.25) is 0 Å². The lowest BCUT2D eigenvalue weighted by molar-refractivity contribution is -0.384. The molecule has 0 bridgehead atoms. The van der Waals surface area contributed by atoms with Crippen molar-refractivity contribution >= 4 is 17.3 Å². The Morgan fingerprint density at radius 2 is 1.89 bits per heavy atom. The lowest BCUT2D eigenvalue weighted by Gasteiger charge is -2.12. The summed E-state index contributed by atoms with van der Waals surface area (Å²) in [5.41, 5.74) is 1.14. The summed E-state index contributed by atoms with van der Waals surface area (Å²) in [6.07, 6.45) is -1.82. The van der Waals surface area contributed by atoms with E-state index in [1.807, 2.05) is 26.0 Å². The molecule has 1 aromatic heterocycles.